The van der Waals surface area contributed by atoms with Crippen LogP contribution in [0.5, 0.6) is 5.75 Å². The van der Waals surface area contributed by atoms with Crippen molar-refractivity contribution in [1.82, 2.24) is 5.32 Å². The largest absolute Gasteiger partial charge is 0.480 e. The van der Waals surface area contributed by atoms with E-state index >= 15 is 0 Å². The van der Waals surface area contributed by atoms with Crippen molar-refractivity contribution in [2.75, 3.05) is 20.3 Å². The molecule has 21 heavy (non-hydrogen) atoms. The van der Waals surface area contributed by atoms with Crippen LogP contribution in [-0.2, 0) is 9.53 Å². The van der Waals surface area contributed by atoms with Crippen molar-refractivity contribution in [3.8, 4) is 5.75 Å². The van der Waals surface area contributed by atoms with Crippen molar-refractivity contribution in [3.05, 3.63) is 28.2 Å². The fourth-order valence-electron chi connectivity index (χ4n) is 1.61. The molecule has 0 fully saturated rings. The first-order chi connectivity index (χ1) is 9.95. The fourth-order valence-corrected chi connectivity index (χ4v) is 2.13. The quantitative estimate of drug-likeness (QED) is 0.537. The van der Waals surface area contributed by atoms with Crippen LogP contribution in [0.2, 0.25) is 0 Å². The number of amides is 1. The van der Waals surface area contributed by atoms with Crippen molar-refractivity contribution < 1.29 is 14.3 Å². The second-order valence-corrected chi connectivity index (χ2v) is 5.76. The average molecular weight is 375 g/mol. The Morgan fingerprint density at radius 1 is 1.52 bits per heavy atom. The number of nitrogens with two attached hydrogens (primary N) is 1. The molecule has 0 saturated carbocycles. The van der Waals surface area contributed by atoms with E-state index in [9.17, 15) is 4.79 Å². The lowest BCUT2D eigenvalue weighted by Crippen LogP contribution is -2.37. The van der Waals surface area contributed by atoms with E-state index in [1.807, 2.05) is 0 Å². The SMILES string of the molecule is COCCCNC(=O)C(C)Oc1ccc(Br)cc1C(N)=S. The van der Waals surface area contributed by atoms with Gasteiger partial charge in [-0.3, -0.25) is 4.79 Å². The van der Waals surface area contributed by atoms with Crippen LogP contribution in [0.1, 0.15) is 18.9 Å². The van der Waals surface area contributed by atoms with Crippen molar-refractivity contribution in [1.29, 1.82) is 0 Å². The van der Waals surface area contributed by atoms with E-state index in [0.717, 1.165) is 10.9 Å². The highest BCUT2D eigenvalue weighted by Gasteiger charge is 2.17. The number of nitrogens with one attached hydrogen (secondary N) is 1. The molecule has 1 amide bonds. The third kappa shape index (κ3) is 5.99. The van der Waals surface area contributed by atoms with Crippen molar-refractivity contribution >= 4 is 39.0 Å². The van der Waals surface area contributed by atoms with Gasteiger partial charge in [0.1, 0.15) is 10.7 Å². The zero-order chi connectivity index (χ0) is 15.8. The summed E-state index contributed by atoms with van der Waals surface area (Å²) in [6.07, 6.45) is 0.118. The molecule has 1 atom stereocenters. The highest BCUT2D eigenvalue weighted by atomic mass is 79.9. The summed E-state index contributed by atoms with van der Waals surface area (Å²) >= 11 is 8.34. The van der Waals surface area contributed by atoms with Gasteiger partial charge < -0.3 is 20.5 Å². The van der Waals surface area contributed by atoms with Gasteiger partial charge in [-0.1, -0.05) is 28.1 Å². The monoisotopic (exact) mass is 374 g/mol. The number of rotatable bonds is 8. The highest BCUT2D eigenvalue weighted by Crippen LogP contribution is 2.24. The van der Waals surface area contributed by atoms with Crippen molar-refractivity contribution in [3.63, 3.8) is 0 Å². The Balaban J connectivity index is 2.63. The number of halogens is 1. The Bertz CT molecular complexity index is 511. The predicted octanol–water partition coefficient (Wildman–Crippen LogP) is 2.00. The molecule has 1 unspecified atom stereocenters. The summed E-state index contributed by atoms with van der Waals surface area (Å²) in [6.45, 7) is 2.83. The fraction of sp³-hybridized carbons (Fsp3) is 0.429. The Kier molecular flexibility index (Phi) is 7.63. The summed E-state index contributed by atoms with van der Waals surface area (Å²) in [5.41, 5.74) is 6.26. The van der Waals surface area contributed by atoms with Gasteiger partial charge >= 0.3 is 0 Å². The molecule has 5 nitrogen and oxygen atoms in total. The number of hydrogen-bond acceptors (Lipinski definition) is 4. The normalized spacial score (nSPS) is 11.8. The lowest BCUT2D eigenvalue weighted by atomic mass is 10.2. The molecule has 0 saturated heterocycles. The minimum atomic E-state index is -0.637. The smallest absolute Gasteiger partial charge is 0.260 e. The van der Waals surface area contributed by atoms with Crippen LogP contribution >= 0.6 is 28.1 Å². The average Bonchev–Trinajstić information content (AvgIpc) is 2.44. The van der Waals surface area contributed by atoms with Gasteiger partial charge in [-0.05, 0) is 31.5 Å². The second-order valence-electron chi connectivity index (χ2n) is 4.40. The molecule has 0 radical (unpaired) electrons. The zero-order valence-electron chi connectivity index (χ0n) is 12.0. The number of carbonyl (C=O) groups is 1. The molecule has 0 aliphatic heterocycles. The Labute approximate surface area is 138 Å². The van der Waals surface area contributed by atoms with E-state index in [2.05, 4.69) is 21.2 Å². The number of carbonyl (C=O) groups excluding carboxylic acids is 1. The molecule has 3 N–H and O–H groups in total. The van der Waals surface area contributed by atoms with Gasteiger partial charge in [-0.2, -0.15) is 0 Å². The number of methoxy groups -OCH3 is 1. The van der Waals surface area contributed by atoms with E-state index in [1.54, 1.807) is 32.2 Å². The van der Waals surface area contributed by atoms with Gasteiger partial charge in [-0.15, -0.1) is 0 Å². The van der Waals surface area contributed by atoms with Crippen LogP contribution in [0.15, 0.2) is 22.7 Å². The first-order valence-corrected chi connectivity index (χ1v) is 7.68. The Morgan fingerprint density at radius 3 is 2.86 bits per heavy atom. The topological polar surface area (TPSA) is 73.6 Å². The lowest BCUT2D eigenvalue weighted by Gasteiger charge is -2.17. The molecule has 0 spiro atoms. The molecular formula is C14H19BrN2O3S. The maximum Gasteiger partial charge on any atom is 0.260 e. The predicted molar refractivity (Wildman–Crippen MR) is 89.6 cm³/mol. The molecule has 1 rings (SSSR count). The molecule has 0 bridgehead atoms. The van der Waals surface area contributed by atoms with E-state index < -0.39 is 6.10 Å². The number of benzene rings is 1. The third-order valence-electron chi connectivity index (χ3n) is 2.70. The molecule has 116 valence electrons. The van der Waals surface area contributed by atoms with Crippen molar-refractivity contribution in [2.45, 2.75) is 19.4 Å². The second kappa shape index (κ2) is 8.96. The van der Waals surface area contributed by atoms with E-state index in [0.29, 0.717) is 24.5 Å². The zero-order valence-corrected chi connectivity index (χ0v) is 14.4. The summed E-state index contributed by atoms with van der Waals surface area (Å²) in [6, 6.07) is 5.30. The number of thiocarbonyl (C=S) groups is 1. The summed E-state index contributed by atoms with van der Waals surface area (Å²) < 4.78 is 11.4. The minimum absolute atomic E-state index is 0.192. The van der Waals surface area contributed by atoms with Crippen LogP contribution in [0.25, 0.3) is 0 Å². The van der Waals surface area contributed by atoms with Crippen LogP contribution < -0.4 is 15.8 Å². The summed E-state index contributed by atoms with van der Waals surface area (Å²) in [4.78, 5) is 12.1. The first-order valence-electron chi connectivity index (χ1n) is 6.48. The third-order valence-corrected chi connectivity index (χ3v) is 3.42. The molecule has 0 aromatic heterocycles. The molecule has 7 heteroatoms. The van der Waals surface area contributed by atoms with E-state index in [-0.39, 0.29) is 10.9 Å². The van der Waals surface area contributed by atoms with Crippen LogP contribution in [0, 0.1) is 0 Å². The molecule has 1 aromatic carbocycles. The van der Waals surface area contributed by atoms with Crippen LogP contribution in [0.4, 0.5) is 0 Å². The van der Waals surface area contributed by atoms with Gasteiger partial charge in [0.25, 0.3) is 5.91 Å². The van der Waals surface area contributed by atoms with Gasteiger partial charge in [0, 0.05) is 24.7 Å². The van der Waals surface area contributed by atoms with Gasteiger partial charge in [0.05, 0.1) is 5.56 Å². The van der Waals surface area contributed by atoms with Gasteiger partial charge in [0.15, 0.2) is 6.10 Å². The molecular weight excluding hydrogens is 356 g/mol. The van der Waals surface area contributed by atoms with Crippen molar-refractivity contribution in [2.24, 2.45) is 5.73 Å². The summed E-state index contributed by atoms with van der Waals surface area (Å²) in [5, 5.41) is 2.78. The van der Waals surface area contributed by atoms with E-state index in [1.165, 1.54) is 0 Å². The van der Waals surface area contributed by atoms with Crippen LogP contribution in [-0.4, -0.2) is 37.3 Å². The van der Waals surface area contributed by atoms with Crippen LogP contribution in [0.3, 0.4) is 0 Å². The summed E-state index contributed by atoms with van der Waals surface area (Å²) in [7, 11) is 1.62. The Morgan fingerprint density at radius 2 is 2.24 bits per heavy atom. The first kappa shape index (κ1) is 17.9. The van der Waals surface area contributed by atoms with Gasteiger partial charge in [-0.25, -0.2) is 0 Å². The Hall–Kier alpha value is -1.18. The maximum atomic E-state index is 11.9. The molecule has 0 heterocycles. The standard InChI is InChI=1S/C14H19BrN2O3S/c1-9(14(18)17-6-3-7-19-2)20-12-5-4-10(15)8-11(12)13(16)21/h4-5,8-9H,3,6-7H2,1-2H3,(H2,16,21)(H,17,18). The number of hydrogen-bond donors (Lipinski definition) is 2. The van der Waals surface area contributed by atoms with E-state index in [4.69, 9.17) is 27.4 Å². The highest BCUT2D eigenvalue weighted by molar-refractivity contribution is 9.10. The minimum Gasteiger partial charge on any atom is -0.480 e. The van der Waals surface area contributed by atoms with Gasteiger partial charge in [0.2, 0.25) is 0 Å². The molecule has 0 aliphatic carbocycles. The summed E-state index contributed by atoms with van der Waals surface area (Å²) in [5.74, 6) is 0.299. The lowest BCUT2D eigenvalue weighted by molar-refractivity contribution is -0.127. The molecule has 0 aliphatic rings. The molecule has 1 aromatic rings. The maximum absolute atomic E-state index is 11.9. The number of ether oxygens (including phenoxy) is 2.